The van der Waals surface area contributed by atoms with Gasteiger partial charge in [0.2, 0.25) is 5.95 Å². The number of carbonyl (C=O) groups excluding carboxylic acids is 1. The molecular formula is C23H26ClN7O2. The summed E-state index contributed by atoms with van der Waals surface area (Å²) in [7, 11) is 0. The Bertz CT molecular complexity index is 1140. The lowest BCUT2D eigenvalue weighted by Crippen LogP contribution is -2.22. The van der Waals surface area contributed by atoms with E-state index in [1.54, 1.807) is 17.1 Å². The van der Waals surface area contributed by atoms with Gasteiger partial charge in [-0.2, -0.15) is 4.98 Å². The van der Waals surface area contributed by atoms with Gasteiger partial charge in [0.15, 0.2) is 0 Å². The Labute approximate surface area is 197 Å². The van der Waals surface area contributed by atoms with E-state index in [1.165, 1.54) is 6.92 Å². The van der Waals surface area contributed by atoms with E-state index in [2.05, 4.69) is 20.3 Å². The fourth-order valence-electron chi connectivity index (χ4n) is 3.22. The van der Waals surface area contributed by atoms with Crippen LogP contribution in [0.4, 0.5) is 17.5 Å². The second kappa shape index (κ2) is 11.2. The van der Waals surface area contributed by atoms with E-state index in [-0.39, 0.29) is 24.3 Å². The van der Waals surface area contributed by atoms with Gasteiger partial charge in [0.1, 0.15) is 18.1 Å². The van der Waals surface area contributed by atoms with Crippen molar-refractivity contribution in [2.24, 2.45) is 10.3 Å². The summed E-state index contributed by atoms with van der Waals surface area (Å²) < 4.78 is 5.06. The Morgan fingerprint density at radius 1 is 1.15 bits per heavy atom. The zero-order valence-corrected chi connectivity index (χ0v) is 19.3. The molecule has 172 valence electrons. The summed E-state index contributed by atoms with van der Waals surface area (Å²) in [5.74, 6) is 0.0698. The van der Waals surface area contributed by atoms with Crippen molar-refractivity contribution in [1.82, 2.24) is 15.0 Å². The minimum absolute atomic E-state index is 0.131. The van der Waals surface area contributed by atoms with Gasteiger partial charge in [0.05, 0.1) is 23.8 Å². The van der Waals surface area contributed by atoms with Crippen molar-refractivity contribution in [3.05, 3.63) is 64.8 Å². The minimum Gasteiger partial charge on any atom is -0.464 e. The molecular weight excluding hydrogens is 442 g/mol. The SMILES string of the molecule is CCc1nc(N)nc(N)c1-c1ccc(Cl)c(N=NN(CCOC(C)=O)Cc2ccccc2)c1. The van der Waals surface area contributed by atoms with Crippen LogP contribution in [0, 0.1) is 0 Å². The van der Waals surface area contributed by atoms with Gasteiger partial charge < -0.3 is 16.2 Å². The maximum atomic E-state index is 11.1. The van der Waals surface area contributed by atoms with Gasteiger partial charge in [-0.15, -0.1) is 5.11 Å². The predicted octanol–water partition coefficient (Wildman–Crippen LogP) is 4.59. The van der Waals surface area contributed by atoms with Gasteiger partial charge >= 0.3 is 5.97 Å². The number of nitrogens with two attached hydrogens (primary N) is 2. The van der Waals surface area contributed by atoms with E-state index < -0.39 is 0 Å². The number of benzene rings is 2. The van der Waals surface area contributed by atoms with Gasteiger partial charge in [-0.25, -0.2) is 4.98 Å². The number of nitrogen functional groups attached to an aromatic ring is 2. The van der Waals surface area contributed by atoms with Crippen molar-refractivity contribution in [3.8, 4) is 11.1 Å². The van der Waals surface area contributed by atoms with Crippen LogP contribution in [0.3, 0.4) is 0 Å². The van der Waals surface area contributed by atoms with E-state index >= 15 is 0 Å². The molecule has 3 rings (SSSR count). The Morgan fingerprint density at radius 3 is 2.61 bits per heavy atom. The number of anilines is 2. The monoisotopic (exact) mass is 467 g/mol. The average molecular weight is 468 g/mol. The third-order valence-corrected chi connectivity index (χ3v) is 5.06. The maximum absolute atomic E-state index is 11.1. The number of hydrogen-bond acceptors (Lipinski definition) is 8. The number of aryl methyl sites for hydroxylation is 1. The molecule has 0 aliphatic heterocycles. The number of esters is 1. The molecule has 0 fully saturated rings. The molecule has 2 aromatic carbocycles. The predicted molar refractivity (Wildman–Crippen MR) is 129 cm³/mol. The molecule has 33 heavy (non-hydrogen) atoms. The first-order valence-corrected chi connectivity index (χ1v) is 10.8. The molecule has 1 heterocycles. The maximum Gasteiger partial charge on any atom is 0.302 e. The van der Waals surface area contributed by atoms with Gasteiger partial charge in [0.25, 0.3) is 0 Å². The van der Waals surface area contributed by atoms with Crippen LogP contribution in [-0.4, -0.2) is 34.1 Å². The molecule has 9 nitrogen and oxygen atoms in total. The fourth-order valence-corrected chi connectivity index (χ4v) is 3.37. The molecule has 0 atom stereocenters. The van der Waals surface area contributed by atoms with Crippen LogP contribution >= 0.6 is 11.6 Å². The van der Waals surface area contributed by atoms with Crippen LogP contribution in [-0.2, 0) is 22.5 Å². The highest BCUT2D eigenvalue weighted by atomic mass is 35.5. The topological polar surface area (TPSA) is 132 Å². The first-order valence-electron chi connectivity index (χ1n) is 10.4. The first kappa shape index (κ1) is 23.9. The van der Waals surface area contributed by atoms with Crippen LogP contribution < -0.4 is 11.5 Å². The van der Waals surface area contributed by atoms with Crippen molar-refractivity contribution in [2.45, 2.75) is 26.8 Å². The standard InChI is InChI=1S/C23H26ClN7O2/c1-3-19-21(22(25)28-23(26)27-19)17-9-10-18(24)20(13-17)29-30-31(11-12-33-15(2)32)14-16-7-5-4-6-8-16/h4-10,13H,3,11-12,14H2,1-2H3,(H4,25,26,27,28). The van der Waals surface area contributed by atoms with E-state index in [9.17, 15) is 4.79 Å². The molecule has 3 aromatic rings. The molecule has 0 amide bonds. The fraction of sp³-hybridized carbons (Fsp3) is 0.261. The molecule has 0 saturated carbocycles. The van der Waals surface area contributed by atoms with Crippen molar-refractivity contribution in [1.29, 1.82) is 0 Å². The molecule has 1 aromatic heterocycles. The van der Waals surface area contributed by atoms with Crippen molar-refractivity contribution in [2.75, 3.05) is 24.6 Å². The number of aromatic nitrogens is 2. The minimum atomic E-state index is -0.350. The lowest BCUT2D eigenvalue weighted by atomic mass is 10.0. The average Bonchev–Trinajstić information content (AvgIpc) is 2.78. The van der Waals surface area contributed by atoms with E-state index in [4.69, 9.17) is 27.8 Å². The van der Waals surface area contributed by atoms with E-state index in [0.717, 1.165) is 16.8 Å². The van der Waals surface area contributed by atoms with Crippen LogP contribution in [0.15, 0.2) is 58.9 Å². The van der Waals surface area contributed by atoms with E-state index in [1.807, 2.05) is 43.3 Å². The molecule has 10 heteroatoms. The van der Waals surface area contributed by atoms with Gasteiger partial charge in [-0.05, 0) is 29.7 Å². The Balaban J connectivity index is 1.89. The lowest BCUT2D eigenvalue weighted by Gasteiger charge is -2.18. The highest BCUT2D eigenvalue weighted by Gasteiger charge is 2.14. The second-order valence-corrected chi connectivity index (χ2v) is 7.62. The molecule has 0 bridgehead atoms. The molecule has 0 unspecified atom stereocenters. The molecule has 0 spiro atoms. The van der Waals surface area contributed by atoms with Crippen LogP contribution in [0.25, 0.3) is 11.1 Å². The van der Waals surface area contributed by atoms with Crippen LogP contribution in [0.1, 0.15) is 25.1 Å². The zero-order chi connectivity index (χ0) is 23.8. The highest BCUT2D eigenvalue weighted by molar-refractivity contribution is 6.33. The second-order valence-electron chi connectivity index (χ2n) is 7.21. The molecule has 0 aliphatic rings. The van der Waals surface area contributed by atoms with Crippen LogP contribution in [0.2, 0.25) is 5.02 Å². The number of ether oxygens (including phenoxy) is 1. The van der Waals surface area contributed by atoms with Crippen LogP contribution in [0.5, 0.6) is 0 Å². The third kappa shape index (κ3) is 6.63. The van der Waals surface area contributed by atoms with Crippen molar-refractivity contribution >= 4 is 35.0 Å². The lowest BCUT2D eigenvalue weighted by molar-refractivity contribution is -0.141. The summed E-state index contributed by atoms with van der Waals surface area (Å²) in [4.78, 5) is 19.5. The third-order valence-electron chi connectivity index (χ3n) is 4.74. The Hall–Kier alpha value is -3.72. The number of halogens is 1. The summed E-state index contributed by atoms with van der Waals surface area (Å²) in [6, 6.07) is 15.1. The zero-order valence-electron chi connectivity index (χ0n) is 18.5. The quantitative estimate of drug-likeness (QED) is 0.267. The molecule has 0 radical (unpaired) electrons. The summed E-state index contributed by atoms with van der Waals surface area (Å²) >= 11 is 6.39. The van der Waals surface area contributed by atoms with Gasteiger partial charge in [0, 0.05) is 12.5 Å². The largest absolute Gasteiger partial charge is 0.464 e. The van der Waals surface area contributed by atoms with Gasteiger partial charge in [-0.3, -0.25) is 9.80 Å². The molecule has 0 aliphatic carbocycles. The van der Waals surface area contributed by atoms with Crippen molar-refractivity contribution in [3.63, 3.8) is 0 Å². The first-order chi connectivity index (χ1) is 15.9. The van der Waals surface area contributed by atoms with Gasteiger partial charge in [-0.1, -0.05) is 60.1 Å². The summed E-state index contributed by atoms with van der Waals surface area (Å²) in [5, 5.41) is 10.9. The van der Waals surface area contributed by atoms with Crippen molar-refractivity contribution < 1.29 is 9.53 Å². The molecule has 4 N–H and O–H groups in total. The Kier molecular flexibility index (Phi) is 8.15. The highest BCUT2D eigenvalue weighted by Crippen LogP contribution is 2.35. The molecule has 0 saturated heterocycles. The Morgan fingerprint density at radius 2 is 1.91 bits per heavy atom. The summed E-state index contributed by atoms with van der Waals surface area (Å²) in [6.07, 6.45) is 0.632. The normalized spacial score (nSPS) is 11.0. The summed E-state index contributed by atoms with van der Waals surface area (Å²) in [5.41, 5.74) is 15.6. The smallest absolute Gasteiger partial charge is 0.302 e. The number of rotatable bonds is 9. The number of nitrogens with zero attached hydrogens (tertiary/aromatic N) is 5. The van der Waals surface area contributed by atoms with E-state index in [0.29, 0.717) is 35.8 Å². The number of carbonyl (C=O) groups is 1. The summed E-state index contributed by atoms with van der Waals surface area (Å²) in [6.45, 7) is 4.38. The number of hydrogen-bond donors (Lipinski definition) is 2.